The molecule has 22 heavy (non-hydrogen) atoms. The fraction of sp³-hybridized carbons (Fsp3) is 0.267. The molecule has 0 fully saturated rings. The quantitative estimate of drug-likeness (QED) is 0.780. The van der Waals surface area contributed by atoms with Crippen LogP contribution in [0.2, 0.25) is 0 Å². The van der Waals surface area contributed by atoms with E-state index in [1.54, 1.807) is 23.1 Å². The SMILES string of the molecule is COc1ccc(Cc2c(CN)nnn2-c2nc(C)cs2)cc1. The molecule has 0 saturated heterocycles. The summed E-state index contributed by atoms with van der Waals surface area (Å²) >= 11 is 1.55. The van der Waals surface area contributed by atoms with Gasteiger partial charge in [-0.2, -0.15) is 4.68 Å². The van der Waals surface area contributed by atoms with Crippen molar-refractivity contribution in [2.75, 3.05) is 7.11 Å². The average molecular weight is 315 g/mol. The smallest absolute Gasteiger partial charge is 0.212 e. The lowest BCUT2D eigenvalue weighted by Crippen LogP contribution is -2.07. The molecule has 114 valence electrons. The second kappa shape index (κ2) is 6.25. The molecule has 1 aromatic carbocycles. The largest absolute Gasteiger partial charge is 0.497 e. The molecule has 0 spiro atoms. The van der Waals surface area contributed by atoms with Crippen LogP contribution < -0.4 is 10.5 Å². The van der Waals surface area contributed by atoms with E-state index in [0.717, 1.165) is 33.5 Å². The van der Waals surface area contributed by atoms with Gasteiger partial charge in [0.25, 0.3) is 0 Å². The highest BCUT2D eigenvalue weighted by Crippen LogP contribution is 2.21. The number of hydrogen-bond acceptors (Lipinski definition) is 6. The molecule has 3 aromatic rings. The minimum absolute atomic E-state index is 0.357. The third kappa shape index (κ3) is 2.86. The summed E-state index contributed by atoms with van der Waals surface area (Å²) in [6, 6.07) is 7.95. The van der Waals surface area contributed by atoms with E-state index in [1.165, 1.54) is 0 Å². The third-order valence-corrected chi connectivity index (χ3v) is 4.29. The number of ether oxygens (including phenoxy) is 1. The molecule has 0 atom stereocenters. The first-order valence-corrected chi connectivity index (χ1v) is 7.78. The molecule has 0 bridgehead atoms. The minimum Gasteiger partial charge on any atom is -0.497 e. The van der Waals surface area contributed by atoms with Gasteiger partial charge in [-0.3, -0.25) is 0 Å². The molecular formula is C15H17N5OS. The highest BCUT2D eigenvalue weighted by Gasteiger charge is 2.16. The van der Waals surface area contributed by atoms with E-state index in [1.807, 2.05) is 36.6 Å². The second-order valence-electron chi connectivity index (χ2n) is 4.90. The van der Waals surface area contributed by atoms with Gasteiger partial charge >= 0.3 is 0 Å². The summed E-state index contributed by atoms with van der Waals surface area (Å²) in [6.45, 7) is 2.32. The number of aromatic nitrogens is 4. The van der Waals surface area contributed by atoms with E-state index in [4.69, 9.17) is 10.5 Å². The Morgan fingerprint density at radius 3 is 2.64 bits per heavy atom. The summed E-state index contributed by atoms with van der Waals surface area (Å²) < 4.78 is 6.97. The van der Waals surface area contributed by atoms with E-state index < -0.39 is 0 Å². The molecule has 6 nitrogen and oxygen atoms in total. The molecular weight excluding hydrogens is 298 g/mol. The predicted molar refractivity (Wildman–Crippen MR) is 85.5 cm³/mol. The van der Waals surface area contributed by atoms with Crippen molar-refractivity contribution in [2.24, 2.45) is 5.73 Å². The number of rotatable bonds is 5. The maximum Gasteiger partial charge on any atom is 0.212 e. The summed E-state index contributed by atoms with van der Waals surface area (Å²) in [7, 11) is 1.66. The maximum atomic E-state index is 5.79. The first-order valence-electron chi connectivity index (χ1n) is 6.90. The van der Waals surface area contributed by atoms with Crippen molar-refractivity contribution in [1.29, 1.82) is 0 Å². The molecule has 2 N–H and O–H groups in total. The molecule has 0 aliphatic rings. The van der Waals surface area contributed by atoms with Crippen LogP contribution in [-0.4, -0.2) is 27.1 Å². The van der Waals surface area contributed by atoms with Crippen molar-refractivity contribution in [3.05, 3.63) is 52.3 Å². The Morgan fingerprint density at radius 2 is 2.05 bits per heavy atom. The Morgan fingerprint density at radius 1 is 1.27 bits per heavy atom. The molecule has 3 rings (SSSR count). The average Bonchev–Trinajstić information content (AvgIpc) is 3.14. The Bertz CT molecular complexity index is 763. The van der Waals surface area contributed by atoms with Gasteiger partial charge in [0, 0.05) is 18.3 Å². The third-order valence-electron chi connectivity index (χ3n) is 3.36. The van der Waals surface area contributed by atoms with Crippen LogP contribution in [0.25, 0.3) is 5.13 Å². The van der Waals surface area contributed by atoms with Crippen LogP contribution in [0.3, 0.4) is 0 Å². The summed E-state index contributed by atoms with van der Waals surface area (Å²) in [4.78, 5) is 4.48. The van der Waals surface area contributed by atoms with Crippen molar-refractivity contribution in [3.8, 4) is 10.9 Å². The van der Waals surface area contributed by atoms with Crippen molar-refractivity contribution in [3.63, 3.8) is 0 Å². The minimum atomic E-state index is 0.357. The van der Waals surface area contributed by atoms with E-state index in [-0.39, 0.29) is 0 Å². The van der Waals surface area contributed by atoms with Gasteiger partial charge < -0.3 is 10.5 Å². The molecule has 0 saturated carbocycles. The first kappa shape index (κ1) is 14.7. The van der Waals surface area contributed by atoms with Gasteiger partial charge in [-0.05, 0) is 24.6 Å². The topological polar surface area (TPSA) is 78.9 Å². The summed E-state index contributed by atoms with van der Waals surface area (Å²) in [5, 5.41) is 11.2. The Balaban J connectivity index is 1.95. The van der Waals surface area contributed by atoms with E-state index in [0.29, 0.717) is 13.0 Å². The summed E-state index contributed by atoms with van der Waals surface area (Å²) in [5.74, 6) is 0.838. The Kier molecular flexibility index (Phi) is 4.17. The Labute approximate surface area is 132 Å². The van der Waals surface area contributed by atoms with Crippen LogP contribution >= 0.6 is 11.3 Å². The lowest BCUT2D eigenvalue weighted by Gasteiger charge is -2.06. The van der Waals surface area contributed by atoms with Crippen LogP contribution in [0.5, 0.6) is 5.75 Å². The Hall–Kier alpha value is -2.25. The lowest BCUT2D eigenvalue weighted by molar-refractivity contribution is 0.414. The molecule has 2 aromatic heterocycles. The predicted octanol–water partition coefficient (Wildman–Crippen LogP) is 2.09. The molecule has 0 aliphatic carbocycles. The summed E-state index contributed by atoms with van der Waals surface area (Å²) in [6.07, 6.45) is 0.697. The van der Waals surface area contributed by atoms with Crippen molar-refractivity contribution in [1.82, 2.24) is 20.0 Å². The fourth-order valence-electron chi connectivity index (χ4n) is 2.20. The van der Waals surface area contributed by atoms with Gasteiger partial charge in [-0.25, -0.2) is 4.98 Å². The highest BCUT2D eigenvalue weighted by molar-refractivity contribution is 7.12. The lowest BCUT2D eigenvalue weighted by atomic mass is 10.1. The van der Waals surface area contributed by atoms with E-state index in [2.05, 4.69) is 15.3 Å². The van der Waals surface area contributed by atoms with Gasteiger partial charge in [-0.1, -0.05) is 17.3 Å². The number of methoxy groups -OCH3 is 1. The number of nitrogens with zero attached hydrogens (tertiary/aromatic N) is 4. The van der Waals surface area contributed by atoms with Crippen LogP contribution in [0.1, 0.15) is 22.6 Å². The standard InChI is InChI=1S/C15H17N5OS/c1-10-9-22-15(17-10)20-14(13(8-16)18-19-20)7-11-3-5-12(21-2)6-4-11/h3-6,9H,7-8,16H2,1-2H3. The first-order chi connectivity index (χ1) is 10.7. The number of thiazole rings is 1. The molecule has 0 amide bonds. The second-order valence-corrected chi connectivity index (χ2v) is 5.73. The zero-order valence-electron chi connectivity index (χ0n) is 12.5. The zero-order valence-corrected chi connectivity index (χ0v) is 13.3. The molecule has 7 heteroatoms. The van der Waals surface area contributed by atoms with E-state index in [9.17, 15) is 0 Å². The van der Waals surface area contributed by atoms with Gasteiger partial charge in [0.2, 0.25) is 5.13 Å². The number of hydrogen-bond donors (Lipinski definition) is 1. The maximum absolute atomic E-state index is 5.79. The van der Waals surface area contributed by atoms with Gasteiger partial charge in [-0.15, -0.1) is 16.4 Å². The number of nitrogens with two attached hydrogens (primary N) is 1. The number of aryl methyl sites for hydroxylation is 1. The van der Waals surface area contributed by atoms with E-state index >= 15 is 0 Å². The van der Waals surface area contributed by atoms with Crippen LogP contribution in [0.15, 0.2) is 29.6 Å². The van der Waals surface area contributed by atoms with Gasteiger partial charge in [0.05, 0.1) is 18.5 Å². The van der Waals surface area contributed by atoms with Crippen molar-refractivity contribution < 1.29 is 4.74 Å². The van der Waals surface area contributed by atoms with Gasteiger partial charge in [0.15, 0.2) is 0 Å². The molecule has 2 heterocycles. The monoisotopic (exact) mass is 315 g/mol. The molecule has 0 radical (unpaired) electrons. The van der Waals surface area contributed by atoms with Crippen molar-refractivity contribution in [2.45, 2.75) is 19.9 Å². The molecule has 0 unspecified atom stereocenters. The van der Waals surface area contributed by atoms with Crippen LogP contribution in [-0.2, 0) is 13.0 Å². The normalized spacial score (nSPS) is 10.9. The van der Waals surface area contributed by atoms with Crippen LogP contribution in [0, 0.1) is 6.92 Å². The fourth-order valence-corrected chi connectivity index (χ4v) is 2.97. The van der Waals surface area contributed by atoms with Crippen molar-refractivity contribution >= 4 is 11.3 Å². The van der Waals surface area contributed by atoms with Gasteiger partial charge in [0.1, 0.15) is 11.4 Å². The molecule has 0 aliphatic heterocycles. The number of benzene rings is 1. The zero-order chi connectivity index (χ0) is 15.5. The highest BCUT2D eigenvalue weighted by atomic mass is 32.1. The summed E-state index contributed by atoms with van der Waals surface area (Å²) in [5.41, 5.74) is 9.68. The van der Waals surface area contributed by atoms with Crippen LogP contribution in [0.4, 0.5) is 0 Å².